The van der Waals surface area contributed by atoms with E-state index in [1.54, 1.807) is 25.1 Å². The average molecular weight is 267 g/mol. The summed E-state index contributed by atoms with van der Waals surface area (Å²) in [6, 6.07) is 7.13. The van der Waals surface area contributed by atoms with Crippen LogP contribution < -0.4 is 0 Å². The van der Waals surface area contributed by atoms with Crippen LogP contribution in [0, 0.1) is 17.2 Å². The predicted molar refractivity (Wildman–Crippen MR) is 69.3 cm³/mol. The van der Waals surface area contributed by atoms with Crippen LogP contribution in [0.4, 0.5) is 0 Å². The van der Waals surface area contributed by atoms with Crippen LogP contribution in [0.2, 0.25) is 5.02 Å². The zero-order chi connectivity index (χ0) is 13.7. The molecule has 1 unspecified atom stereocenters. The largest absolute Gasteiger partial charge is 0.481 e. The van der Waals surface area contributed by atoms with Gasteiger partial charge in [-0.1, -0.05) is 24.6 Å². The number of hydrogen-bond donors (Lipinski definition) is 1. The van der Waals surface area contributed by atoms with Gasteiger partial charge < -0.3 is 10.0 Å². The Morgan fingerprint density at radius 2 is 2.28 bits per heavy atom. The van der Waals surface area contributed by atoms with Gasteiger partial charge in [0.1, 0.15) is 0 Å². The first-order chi connectivity index (χ1) is 8.43. The summed E-state index contributed by atoms with van der Waals surface area (Å²) in [6.07, 6.45) is 0. The molecule has 0 fully saturated rings. The number of aliphatic carboxylic acids is 1. The highest BCUT2D eigenvalue weighted by Gasteiger charge is 2.14. The predicted octanol–water partition coefficient (Wildman–Crippen LogP) is 2.36. The molecule has 96 valence electrons. The summed E-state index contributed by atoms with van der Waals surface area (Å²) < 4.78 is 0. The minimum Gasteiger partial charge on any atom is -0.481 e. The summed E-state index contributed by atoms with van der Waals surface area (Å²) in [5.41, 5.74) is 1.40. The molecule has 4 nitrogen and oxygen atoms in total. The van der Waals surface area contributed by atoms with Crippen molar-refractivity contribution in [1.82, 2.24) is 4.90 Å². The molecule has 0 heterocycles. The standard InChI is InChI=1S/C13H15ClN2O2/c1-9(13(17)18)7-16(2)8-11-4-3-10(6-15)5-12(11)14/h3-5,9H,7-8H2,1-2H3,(H,17,18). The molecule has 0 aliphatic carbocycles. The molecule has 0 amide bonds. The highest BCUT2D eigenvalue weighted by Crippen LogP contribution is 2.19. The first-order valence-electron chi connectivity index (χ1n) is 5.54. The maximum atomic E-state index is 10.7. The highest BCUT2D eigenvalue weighted by atomic mass is 35.5. The summed E-state index contributed by atoms with van der Waals surface area (Å²) in [5, 5.41) is 18.1. The van der Waals surface area contributed by atoms with E-state index in [2.05, 4.69) is 0 Å². The lowest BCUT2D eigenvalue weighted by Crippen LogP contribution is -2.28. The monoisotopic (exact) mass is 266 g/mol. The fourth-order valence-corrected chi connectivity index (χ4v) is 1.89. The fraction of sp³-hybridized carbons (Fsp3) is 0.385. The average Bonchev–Trinajstić information content (AvgIpc) is 2.31. The lowest BCUT2D eigenvalue weighted by Gasteiger charge is -2.19. The number of nitrogens with zero attached hydrogens (tertiary/aromatic N) is 2. The van der Waals surface area contributed by atoms with Gasteiger partial charge in [0.05, 0.1) is 17.6 Å². The smallest absolute Gasteiger partial charge is 0.307 e. The van der Waals surface area contributed by atoms with Crippen molar-refractivity contribution in [3.8, 4) is 6.07 Å². The van der Waals surface area contributed by atoms with Crippen LogP contribution in [0.3, 0.4) is 0 Å². The molecule has 1 rings (SSSR count). The van der Waals surface area contributed by atoms with Crippen molar-refractivity contribution < 1.29 is 9.90 Å². The van der Waals surface area contributed by atoms with E-state index in [0.29, 0.717) is 23.7 Å². The van der Waals surface area contributed by atoms with Gasteiger partial charge in [-0.25, -0.2) is 0 Å². The van der Waals surface area contributed by atoms with Crippen molar-refractivity contribution in [2.75, 3.05) is 13.6 Å². The third-order valence-electron chi connectivity index (χ3n) is 2.63. The molecule has 1 atom stereocenters. The number of rotatable bonds is 5. The van der Waals surface area contributed by atoms with Crippen LogP contribution in [-0.2, 0) is 11.3 Å². The van der Waals surface area contributed by atoms with E-state index in [0.717, 1.165) is 5.56 Å². The Balaban J connectivity index is 2.68. The molecule has 18 heavy (non-hydrogen) atoms. The number of nitriles is 1. The van der Waals surface area contributed by atoms with E-state index >= 15 is 0 Å². The van der Waals surface area contributed by atoms with Crippen molar-refractivity contribution in [3.63, 3.8) is 0 Å². The molecule has 1 aromatic rings. The number of hydrogen-bond acceptors (Lipinski definition) is 3. The molecule has 1 N–H and O–H groups in total. The molecular weight excluding hydrogens is 252 g/mol. The second-order valence-electron chi connectivity index (χ2n) is 4.35. The van der Waals surface area contributed by atoms with Crippen LogP contribution in [-0.4, -0.2) is 29.6 Å². The second kappa shape index (κ2) is 6.39. The van der Waals surface area contributed by atoms with E-state index in [9.17, 15) is 4.79 Å². The molecular formula is C13H15ClN2O2. The van der Waals surface area contributed by atoms with Gasteiger partial charge in [-0.3, -0.25) is 4.79 Å². The van der Waals surface area contributed by atoms with E-state index in [1.807, 2.05) is 18.0 Å². The van der Waals surface area contributed by atoms with Gasteiger partial charge in [0, 0.05) is 18.1 Å². The molecule has 0 aromatic heterocycles. The molecule has 0 spiro atoms. The number of carboxylic acids is 1. The molecule has 0 aliphatic heterocycles. The molecule has 0 saturated heterocycles. The van der Waals surface area contributed by atoms with E-state index < -0.39 is 11.9 Å². The van der Waals surface area contributed by atoms with Gasteiger partial charge in [-0.2, -0.15) is 5.26 Å². The van der Waals surface area contributed by atoms with Crippen molar-refractivity contribution in [2.24, 2.45) is 5.92 Å². The summed E-state index contributed by atoms with van der Waals surface area (Å²) >= 11 is 6.06. The van der Waals surface area contributed by atoms with Gasteiger partial charge in [-0.15, -0.1) is 0 Å². The molecule has 0 radical (unpaired) electrons. The van der Waals surface area contributed by atoms with Crippen LogP contribution in [0.5, 0.6) is 0 Å². The Morgan fingerprint density at radius 1 is 1.61 bits per heavy atom. The van der Waals surface area contributed by atoms with E-state index in [-0.39, 0.29) is 0 Å². The van der Waals surface area contributed by atoms with Crippen molar-refractivity contribution >= 4 is 17.6 Å². The molecule has 1 aromatic carbocycles. The Hall–Kier alpha value is -1.57. The zero-order valence-electron chi connectivity index (χ0n) is 10.4. The zero-order valence-corrected chi connectivity index (χ0v) is 11.1. The highest BCUT2D eigenvalue weighted by molar-refractivity contribution is 6.31. The molecule has 0 bridgehead atoms. The van der Waals surface area contributed by atoms with Crippen LogP contribution in [0.25, 0.3) is 0 Å². The quantitative estimate of drug-likeness (QED) is 0.889. The maximum Gasteiger partial charge on any atom is 0.307 e. The number of halogens is 1. The minimum atomic E-state index is -0.812. The third-order valence-corrected chi connectivity index (χ3v) is 2.98. The van der Waals surface area contributed by atoms with Gasteiger partial charge in [0.25, 0.3) is 0 Å². The second-order valence-corrected chi connectivity index (χ2v) is 4.76. The summed E-state index contributed by atoms with van der Waals surface area (Å²) in [6.45, 7) is 2.67. The van der Waals surface area contributed by atoms with E-state index in [4.69, 9.17) is 22.0 Å². The van der Waals surface area contributed by atoms with Crippen molar-refractivity contribution in [3.05, 3.63) is 34.3 Å². The SMILES string of the molecule is CC(CN(C)Cc1ccc(C#N)cc1Cl)C(=O)O. The van der Waals surface area contributed by atoms with Gasteiger partial charge in [0.2, 0.25) is 0 Å². The van der Waals surface area contributed by atoms with Gasteiger partial charge in [-0.05, 0) is 24.7 Å². The maximum absolute atomic E-state index is 10.7. The Morgan fingerprint density at radius 3 is 2.78 bits per heavy atom. The summed E-state index contributed by atoms with van der Waals surface area (Å²) in [5.74, 6) is -1.24. The van der Waals surface area contributed by atoms with Crippen molar-refractivity contribution in [2.45, 2.75) is 13.5 Å². The fourth-order valence-electron chi connectivity index (χ4n) is 1.65. The first-order valence-corrected chi connectivity index (χ1v) is 5.91. The summed E-state index contributed by atoms with van der Waals surface area (Å²) in [4.78, 5) is 12.6. The minimum absolute atomic E-state index is 0.424. The Kier molecular flexibility index (Phi) is 5.14. The molecule has 0 saturated carbocycles. The topological polar surface area (TPSA) is 64.3 Å². The number of carbonyl (C=O) groups is 1. The van der Waals surface area contributed by atoms with Crippen LogP contribution >= 0.6 is 11.6 Å². The normalized spacial score (nSPS) is 12.2. The third kappa shape index (κ3) is 4.02. The number of carboxylic acid groups (broad SMARTS) is 1. The Bertz CT molecular complexity index is 482. The molecule has 0 aliphatic rings. The molecule has 5 heteroatoms. The lowest BCUT2D eigenvalue weighted by atomic mass is 10.1. The van der Waals surface area contributed by atoms with Crippen LogP contribution in [0.15, 0.2) is 18.2 Å². The van der Waals surface area contributed by atoms with Gasteiger partial charge in [0.15, 0.2) is 0 Å². The van der Waals surface area contributed by atoms with Crippen LogP contribution in [0.1, 0.15) is 18.1 Å². The van der Waals surface area contributed by atoms with E-state index in [1.165, 1.54) is 0 Å². The first kappa shape index (κ1) is 14.5. The lowest BCUT2D eigenvalue weighted by molar-refractivity contribution is -0.141. The van der Waals surface area contributed by atoms with Gasteiger partial charge >= 0.3 is 5.97 Å². The van der Waals surface area contributed by atoms with Crippen molar-refractivity contribution in [1.29, 1.82) is 5.26 Å². The number of benzene rings is 1. The Labute approximate surface area is 111 Å². The summed E-state index contributed by atoms with van der Waals surface area (Å²) in [7, 11) is 1.84.